The predicted octanol–water partition coefficient (Wildman–Crippen LogP) is 4.91. The SMILES string of the molecule is CCN(C(=O)c1cc(Nc2ccc(F)c(F)c2F)ccn1)c1ccccc1. The summed E-state index contributed by atoms with van der Waals surface area (Å²) < 4.78 is 40.3. The number of pyridine rings is 1. The highest BCUT2D eigenvalue weighted by atomic mass is 19.2. The molecule has 0 saturated heterocycles. The highest BCUT2D eigenvalue weighted by molar-refractivity contribution is 6.05. The van der Waals surface area contributed by atoms with E-state index in [1.165, 1.54) is 18.3 Å². The lowest BCUT2D eigenvalue weighted by molar-refractivity contribution is 0.0983. The molecule has 0 bridgehead atoms. The third-order valence-corrected chi connectivity index (χ3v) is 3.92. The number of hydrogen-bond acceptors (Lipinski definition) is 3. The van der Waals surface area contributed by atoms with Gasteiger partial charge in [0.2, 0.25) is 0 Å². The molecule has 0 fully saturated rings. The molecule has 3 rings (SSSR count). The van der Waals surface area contributed by atoms with Crippen molar-refractivity contribution in [3.63, 3.8) is 0 Å². The van der Waals surface area contributed by atoms with Gasteiger partial charge in [0.15, 0.2) is 17.5 Å². The molecule has 0 aliphatic rings. The number of nitrogens with one attached hydrogen (secondary N) is 1. The van der Waals surface area contributed by atoms with E-state index < -0.39 is 17.5 Å². The Morgan fingerprint density at radius 1 is 1.04 bits per heavy atom. The average Bonchev–Trinajstić information content (AvgIpc) is 2.70. The third kappa shape index (κ3) is 3.92. The lowest BCUT2D eigenvalue weighted by atomic mass is 10.2. The van der Waals surface area contributed by atoms with Gasteiger partial charge in [-0.3, -0.25) is 9.78 Å². The van der Waals surface area contributed by atoms with Crippen LogP contribution in [0.25, 0.3) is 0 Å². The Labute approximate surface area is 154 Å². The van der Waals surface area contributed by atoms with Gasteiger partial charge in [0.25, 0.3) is 5.91 Å². The molecule has 27 heavy (non-hydrogen) atoms. The van der Waals surface area contributed by atoms with E-state index in [4.69, 9.17) is 0 Å². The van der Waals surface area contributed by atoms with Gasteiger partial charge in [-0.15, -0.1) is 0 Å². The van der Waals surface area contributed by atoms with Crippen molar-refractivity contribution in [1.29, 1.82) is 0 Å². The van der Waals surface area contributed by atoms with Gasteiger partial charge >= 0.3 is 0 Å². The minimum absolute atomic E-state index is 0.133. The number of amides is 1. The molecule has 1 N–H and O–H groups in total. The Balaban J connectivity index is 1.87. The Morgan fingerprint density at radius 3 is 2.48 bits per heavy atom. The maximum Gasteiger partial charge on any atom is 0.276 e. The molecular weight excluding hydrogens is 355 g/mol. The zero-order valence-electron chi connectivity index (χ0n) is 14.4. The molecule has 0 saturated carbocycles. The van der Waals surface area contributed by atoms with Crippen LogP contribution in [-0.4, -0.2) is 17.4 Å². The highest BCUT2D eigenvalue weighted by Gasteiger charge is 2.18. The van der Waals surface area contributed by atoms with E-state index in [-0.39, 0.29) is 17.3 Å². The summed E-state index contributed by atoms with van der Waals surface area (Å²) in [6.07, 6.45) is 1.38. The molecular formula is C20H16F3N3O. The van der Waals surface area contributed by atoms with Crippen LogP contribution in [0.4, 0.5) is 30.2 Å². The van der Waals surface area contributed by atoms with Crippen molar-refractivity contribution < 1.29 is 18.0 Å². The second-order valence-electron chi connectivity index (χ2n) is 5.66. The van der Waals surface area contributed by atoms with Crippen LogP contribution in [-0.2, 0) is 0 Å². The largest absolute Gasteiger partial charge is 0.353 e. The number of anilines is 3. The first-order valence-electron chi connectivity index (χ1n) is 8.24. The maximum absolute atomic E-state index is 13.8. The van der Waals surface area contributed by atoms with Gasteiger partial charge in [0.05, 0.1) is 5.69 Å². The van der Waals surface area contributed by atoms with Crippen LogP contribution in [0.5, 0.6) is 0 Å². The minimum atomic E-state index is -1.56. The molecule has 7 heteroatoms. The number of para-hydroxylation sites is 1. The summed E-state index contributed by atoms with van der Waals surface area (Å²) in [7, 11) is 0. The number of aromatic nitrogens is 1. The summed E-state index contributed by atoms with van der Waals surface area (Å²) in [5, 5.41) is 2.64. The normalized spacial score (nSPS) is 10.5. The molecule has 1 heterocycles. The van der Waals surface area contributed by atoms with Crippen molar-refractivity contribution in [2.75, 3.05) is 16.8 Å². The highest BCUT2D eigenvalue weighted by Crippen LogP contribution is 2.24. The van der Waals surface area contributed by atoms with Gasteiger partial charge in [-0.05, 0) is 43.3 Å². The monoisotopic (exact) mass is 371 g/mol. The lowest BCUT2D eigenvalue weighted by Crippen LogP contribution is -2.31. The van der Waals surface area contributed by atoms with Crippen LogP contribution >= 0.6 is 0 Å². The summed E-state index contributed by atoms with van der Waals surface area (Å²) in [5.41, 5.74) is 0.932. The summed E-state index contributed by atoms with van der Waals surface area (Å²) in [4.78, 5) is 18.4. The van der Waals surface area contributed by atoms with E-state index in [1.54, 1.807) is 17.0 Å². The van der Waals surface area contributed by atoms with Crippen LogP contribution < -0.4 is 10.2 Å². The minimum Gasteiger partial charge on any atom is -0.353 e. The van der Waals surface area contributed by atoms with Gasteiger partial charge in [0.1, 0.15) is 5.69 Å². The fourth-order valence-electron chi connectivity index (χ4n) is 2.59. The topological polar surface area (TPSA) is 45.2 Å². The number of carbonyl (C=O) groups is 1. The molecule has 0 unspecified atom stereocenters. The molecule has 3 aromatic rings. The molecule has 2 aromatic carbocycles. The summed E-state index contributed by atoms with van der Waals surface area (Å²) in [6, 6.07) is 13.9. The Hall–Kier alpha value is -3.35. The lowest BCUT2D eigenvalue weighted by Gasteiger charge is -2.20. The quantitative estimate of drug-likeness (QED) is 0.648. The molecule has 0 radical (unpaired) electrons. The fourth-order valence-corrected chi connectivity index (χ4v) is 2.59. The number of rotatable bonds is 5. The zero-order valence-corrected chi connectivity index (χ0v) is 14.4. The third-order valence-electron chi connectivity index (χ3n) is 3.92. The van der Waals surface area contributed by atoms with Gasteiger partial charge in [-0.2, -0.15) is 0 Å². The van der Waals surface area contributed by atoms with Crippen molar-refractivity contribution in [2.45, 2.75) is 6.92 Å². The Morgan fingerprint density at radius 2 is 1.78 bits per heavy atom. The molecule has 0 aliphatic carbocycles. The van der Waals surface area contributed by atoms with Crippen LogP contribution in [0.2, 0.25) is 0 Å². The molecule has 0 aliphatic heterocycles. The van der Waals surface area contributed by atoms with E-state index in [0.29, 0.717) is 12.2 Å². The second-order valence-corrected chi connectivity index (χ2v) is 5.66. The van der Waals surface area contributed by atoms with E-state index in [9.17, 15) is 18.0 Å². The van der Waals surface area contributed by atoms with Gasteiger partial charge in [0, 0.05) is 24.1 Å². The maximum atomic E-state index is 13.8. The van der Waals surface area contributed by atoms with Gasteiger partial charge in [-0.25, -0.2) is 13.2 Å². The van der Waals surface area contributed by atoms with Crippen molar-refractivity contribution in [2.24, 2.45) is 0 Å². The zero-order chi connectivity index (χ0) is 19.4. The van der Waals surface area contributed by atoms with Gasteiger partial charge < -0.3 is 10.2 Å². The average molecular weight is 371 g/mol. The number of carbonyl (C=O) groups excluding carboxylic acids is 1. The first-order valence-corrected chi connectivity index (χ1v) is 8.24. The molecule has 0 spiro atoms. The first kappa shape index (κ1) is 18.4. The Bertz CT molecular complexity index is 964. The van der Waals surface area contributed by atoms with Crippen LogP contribution in [0.3, 0.4) is 0 Å². The predicted molar refractivity (Wildman–Crippen MR) is 97.6 cm³/mol. The molecule has 1 amide bonds. The van der Waals surface area contributed by atoms with E-state index in [2.05, 4.69) is 10.3 Å². The molecule has 0 atom stereocenters. The second kappa shape index (κ2) is 7.90. The molecule has 4 nitrogen and oxygen atoms in total. The fraction of sp³-hybridized carbons (Fsp3) is 0.100. The number of benzene rings is 2. The van der Waals surface area contributed by atoms with Gasteiger partial charge in [-0.1, -0.05) is 18.2 Å². The Kier molecular flexibility index (Phi) is 5.40. The summed E-state index contributed by atoms with van der Waals surface area (Å²) in [5.74, 6) is -4.51. The summed E-state index contributed by atoms with van der Waals surface area (Å²) in [6.45, 7) is 2.27. The smallest absolute Gasteiger partial charge is 0.276 e. The number of nitrogens with zero attached hydrogens (tertiary/aromatic N) is 2. The molecule has 1 aromatic heterocycles. The van der Waals surface area contributed by atoms with Crippen LogP contribution in [0, 0.1) is 17.5 Å². The van der Waals surface area contributed by atoms with Crippen molar-refractivity contribution in [1.82, 2.24) is 4.98 Å². The van der Waals surface area contributed by atoms with E-state index in [0.717, 1.165) is 17.8 Å². The number of halogens is 3. The molecule has 138 valence electrons. The van der Waals surface area contributed by atoms with Crippen LogP contribution in [0.1, 0.15) is 17.4 Å². The van der Waals surface area contributed by atoms with Crippen molar-refractivity contribution in [3.8, 4) is 0 Å². The van der Waals surface area contributed by atoms with Crippen molar-refractivity contribution >= 4 is 23.0 Å². The standard InChI is InChI=1S/C20H16F3N3O/c1-2-26(14-6-4-3-5-7-14)20(27)17-12-13(10-11-24-17)25-16-9-8-15(21)18(22)19(16)23/h3-12H,2H2,1H3,(H,24,25). The summed E-state index contributed by atoms with van der Waals surface area (Å²) >= 11 is 0. The van der Waals surface area contributed by atoms with Crippen LogP contribution in [0.15, 0.2) is 60.8 Å². The first-order chi connectivity index (χ1) is 13.0. The van der Waals surface area contributed by atoms with Crippen molar-refractivity contribution in [3.05, 3.63) is 83.9 Å². The van der Waals surface area contributed by atoms with E-state index >= 15 is 0 Å². The van der Waals surface area contributed by atoms with E-state index in [1.807, 2.05) is 25.1 Å². The number of hydrogen-bond donors (Lipinski definition) is 1.